The first-order valence-corrected chi connectivity index (χ1v) is 10.1. The van der Waals surface area contributed by atoms with Crippen molar-refractivity contribution in [3.05, 3.63) is 35.4 Å². The molecule has 1 aromatic carbocycles. The highest BCUT2D eigenvalue weighted by Crippen LogP contribution is 2.14. The third kappa shape index (κ3) is 7.49. The zero-order valence-electron chi connectivity index (χ0n) is 17.9. The van der Waals surface area contributed by atoms with Crippen LogP contribution >= 0.6 is 0 Å². The van der Waals surface area contributed by atoms with Gasteiger partial charge in [-0.05, 0) is 65.3 Å². The first-order valence-electron chi connectivity index (χ1n) is 10.1. The predicted octanol–water partition coefficient (Wildman–Crippen LogP) is 3.02. The number of amides is 1. The van der Waals surface area contributed by atoms with Gasteiger partial charge in [0.25, 0.3) is 0 Å². The minimum atomic E-state index is -0.519. The molecule has 1 aliphatic rings. The van der Waals surface area contributed by atoms with Crippen LogP contribution in [0.25, 0.3) is 0 Å². The normalized spacial score (nSPS) is 19.6. The molecule has 0 aromatic heterocycles. The van der Waals surface area contributed by atoms with E-state index in [1.54, 1.807) is 0 Å². The number of alkyl carbamates (subject to hydrolysis) is 1. The van der Waals surface area contributed by atoms with Crippen LogP contribution in [0.2, 0.25) is 0 Å². The summed E-state index contributed by atoms with van der Waals surface area (Å²) in [4.78, 5) is 17.2. The van der Waals surface area contributed by atoms with Gasteiger partial charge in [-0.1, -0.05) is 12.1 Å². The number of carbonyl (C=O) groups is 1. The summed E-state index contributed by atoms with van der Waals surface area (Å²) in [7, 11) is 2.16. The van der Waals surface area contributed by atoms with Crippen LogP contribution in [0.3, 0.4) is 0 Å². The predicted molar refractivity (Wildman–Crippen MR) is 111 cm³/mol. The van der Waals surface area contributed by atoms with E-state index in [1.165, 1.54) is 0 Å². The summed E-state index contributed by atoms with van der Waals surface area (Å²) in [6.45, 7) is 12.0. The number of piperazine rings is 1. The van der Waals surface area contributed by atoms with Crippen molar-refractivity contribution in [2.75, 3.05) is 33.2 Å². The SMILES string of the molecule is C[C@@H]1CN(C)CCN1CC[C@@H](Cc1ccc(C#N)cc1)NC(=O)OC(C)(C)C. The first kappa shape index (κ1) is 22.2. The standard InChI is InChI=1S/C22H34N4O2/c1-17-16-25(5)12-13-26(17)11-10-20(24-21(27)28-22(2,3)4)14-18-6-8-19(15-23)9-7-18/h6-9,17,20H,10-14,16H2,1-5H3,(H,24,27)/t17-,20+/m1/s1. The second-order valence-corrected chi connectivity index (χ2v) is 8.79. The molecule has 0 aliphatic carbocycles. The van der Waals surface area contributed by atoms with Gasteiger partial charge in [0.1, 0.15) is 5.60 Å². The van der Waals surface area contributed by atoms with Crippen molar-refractivity contribution in [2.45, 2.75) is 58.2 Å². The maximum Gasteiger partial charge on any atom is 0.407 e. The fraction of sp³-hybridized carbons (Fsp3) is 0.636. The van der Waals surface area contributed by atoms with E-state index in [-0.39, 0.29) is 12.1 Å². The molecule has 1 heterocycles. The van der Waals surface area contributed by atoms with E-state index in [0.717, 1.165) is 38.2 Å². The van der Waals surface area contributed by atoms with E-state index >= 15 is 0 Å². The maximum absolute atomic E-state index is 12.3. The molecule has 2 atom stereocenters. The summed E-state index contributed by atoms with van der Waals surface area (Å²) < 4.78 is 5.46. The van der Waals surface area contributed by atoms with Gasteiger partial charge in [0.15, 0.2) is 0 Å². The van der Waals surface area contributed by atoms with E-state index in [2.05, 4.69) is 35.2 Å². The van der Waals surface area contributed by atoms with Gasteiger partial charge in [-0.2, -0.15) is 5.26 Å². The highest BCUT2D eigenvalue weighted by molar-refractivity contribution is 5.68. The van der Waals surface area contributed by atoms with Gasteiger partial charge in [-0.25, -0.2) is 4.79 Å². The van der Waals surface area contributed by atoms with Crippen molar-refractivity contribution in [3.63, 3.8) is 0 Å². The Hall–Kier alpha value is -2.10. The van der Waals surface area contributed by atoms with Crippen LogP contribution in [0.5, 0.6) is 0 Å². The Bertz CT molecular complexity index is 675. The molecular weight excluding hydrogens is 352 g/mol. The quantitative estimate of drug-likeness (QED) is 0.814. The molecule has 0 radical (unpaired) electrons. The van der Waals surface area contributed by atoms with E-state index < -0.39 is 5.60 Å². The minimum absolute atomic E-state index is 0.0189. The number of rotatable bonds is 6. The number of nitriles is 1. The third-order valence-electron chi connectivity index (χ3n) is 5.02. The molecule has 0 bridgehead atoms. The molecule has 1 aliphatic heterocycles. The van der Waals surface area contributed by atoms with Crippen LogP contribution < -0.4 is 5.32 Å². The van der Waals surface area contributed by atoms with Crippen molar-refractivity contribution in [2.24, 2.45) is 0 Å². The minimum Gasteiger partial charge on any atom is -0.444 e. The van der Waals surface area contributed by atoms with E-state index in [1.807, 2.05) is 45.0 Å². The summed E-state index contributed by atoms with van der Waals surface area (Å²) in [6.07, 6.45) is 1.19. The van der Waals surface area contributed by atoms with Crippen molar-refractivity contribution >= 4 is 6.09 Å². The van der Waals surface area contributed by atoms with Crippen LogP contribution in [-0.4, -0.2) is 66.8 Å². The molecule has 1 amide bonds. The number of benzene rings is 1. The molecule has 6 heteroatoms. The summed E-state index contributed by atoms with van der Waals surface area (Å²) in [5.41, 5.74) is 1.23. The second-order valence-electron chi connectivity index (χ2n) is 8.79. The van der Waals surface area contributed by atoms with Gasteiger partial charge in [0.05, 0.1) is 11.6 Å². The number of hydrogen-bond acceptors (Lipinski definition) is 5. The summed E-state index contributed by atoms with van der Waals surface area (Å²) >= 11 is 0. The molecule has 0 spiro atoms. The lowest BCUT2D eigenvalue weighted by Gasteiger charge is -2.38. The van der Waals surface area contributed by atoms with E-state index in [0.29, 0.717) is 18.0 Å². The highest BCUT2D eigenvalue weighted by Gasteiger charge is 2.24. The van der Waals surface area contributed by atoms with Crippen LogP contribution in [-0.2, 0) is 11.2 Å². The molecule has 1 N–H and O–H groups in total. The highest BCUT2D eigenvalue weighted by atomic mass is 16.6. The topological polar surface area (TPSA) is 68.6 Å². The van der Waals surface area contributed by atoms with Gasteiger partial charge in [-0.3, -0.25) is 4.90 Å². The molecular formula is C22H34N4O2. The Kier molecular flexibility index (Phi) is 7.85. The Labute approximate surface area is 169 Å². The zero-order valence-corrected chi connectivity index (χ0v) is 17.9. The van der Waals surface area contributed by atoms with Crippen molar-refractivity contribution in [1.29, 1.82) is 5.26 Å². The molecule has 1 aromatic rings. The fourth-order valence-electron chi connectivity index (χ4n) is 3.53. The number of hydrogen-bond donors (Lipinski definition) is 1. The van der Waals surface area contributed by atoms with Crippen LogP contribution in [0, 0.1) is 11.3 Å². The van der Waals surface area contributed by atoms with Gasteiger partial charge in [0, 0.05) is 38.3 Å². The zero-order chi connectivity index (χ0) is 20.7. The summed E-state index contributed by atoms with van der Waals surface area (Å²) in [6, 6.07) is 10.2. The Balaban J connectivity index is 2.00. The molecule has 28 heavy (non-hydrogen) atoms. The van der Waals surface area contributed by atoms with Gasteiger partial charge < -0.3 is 15.0 Å². The van der Waals surface area contributed by atoms with Gasteiger partial charge in [0.2, 0.25) is 0 Å². The molecule has 1 saturated heterocycles. The average Bonchev–Trinajstić information content (AvgIpc) is 2.59. The second kappa shape index (κ2) is 9.90. The average molecular weight is 387 g/mol. The molecule has 154 valence electrons. The number of nitrogens with one attached hydrogen (secondary N) is 1. The van der Waals surface area contributed by atoms with Crippen molar-refractivity contribution in [3.8, 4) is 6.07 Å². The number of nitrogens with zero attached hydrogens (tertiary/aromatic N) is 3. The first-order chi connectivity index (χ1) is 13.2. The largest absolute Gasteiger partial charge is 0.444 e. The number of ether oxygens (including phenoxy) is 1. The molecule has 0 saturated carbocycles. The summed E-state index contributed by atoms with van der Waals surface area (Å²) in [5, 5.41) is 12.0. The van der Waals surface area contributed by atoms with Gasteiger partial charge in [-0.15, -0.1) is 0 Å². The third-order valence-corrected chi connectivity index (χ3v) is 5.02. The molecule has 1 fully saturated rings. The molecule has 6 nitrogen and oxygen atoms in total. The molecule has 2 rings (SSSR count). The lowest BCUT2D eigenvalue weighted by Crippen LogP contribution is -2.51. The monoisotopic (exact) mass is 386 g/mol. The van der Waals surface area contributed by atoms with E-state index in [9.17, 15) is 4.79 Å². The van der Waals surface area contributed by atoms with Crippen LogP contribution in [0.15, 0.2) is 24.3 Å². The van der Waals surface area contributed by atoms with Crippen molar-refractivity contribution < 1.29 is 9.53 Å². The van der Waals surface area contributed by atoms with E-state index in [4.69, 9.17) is 10.00 Å². The Morgan fingerprint density at radius 3 is 2.57 bits per heavy atom. The molecule has 0 unspecified atom stereocenters. The lowest BCUT2D eigenvalue weighted by atomic mass is 10.0. The number of likely N-dealkylation sites (N-methyl/N-ethyl adjacent to an activating group) is 1. The van der Waals surface area contributed by atoms with Crippen molar-refractivity contribution in [1.82, 2.24) is 15.1 Å². The Morgan fingerprint density at radius 1 is 1.32 bits per heavy atom. The summed E-state index contributed by atoms with van der Waals surface area (Å²) in [5.74, 6) is 0. The maximum atomic E-state index is 12.3. The lowest BCUT2D eigenvalue weighted by molar-refractivity contribution is 0.0490. The van der Waals surface area contributed by atoms with Crippen LogP contribution in [0.4, 0.5) is 4.79 Å². The Morgan fingerprint density at radius 2 is 2.00 bits per heavy atom. The smallest absolute Gasteiger partial charge is 0.407 e. The van der Waals surface area contributed by atoms with Gasteiger partial charge >= 0.3 is 6.09 Å². The number of carbonyl (C=O) groups excluding carboxylic acids is 1. The fourth-order valence-corrected chi connectivity index (χ4v) is 3.53. The van der Waals surface area contributed by atoms with Crippen LogP contribution in [0.1, 0.15) is 45.2 Å².